The number of nitrogen functional groups attached to an aromatic ring is 1. The van der Waals surface area contributed by atoms with Crippen molar-refractivity contribution in [1.82, 2.24) is 4.90 Å². The third kappa shape index (κ3) is 2.28. The summed E-state index contributed by atoms with van der Waals surface area (Å²) in [7, 11) is 0. The van der Waals surface area contributed by atoms with Gasteiger partial charge in [0.1, 0.15) is 4.88 Å². The van der Waals surface area contributed by atoms with E-state index in [1.54, 1.807) is 0 Å². The maximum atomic E-state index is 12.5. The van der Waals surface area contributed by atoms with E-state index in [0.717, 1.165) is 27.5 Å². The first-order valence-electron chi connectivity index (χ1n) is 6.08. The zero-order valence-corrected chi connectivity index (χ0v) is 12.6. The van der Waals surface area contributed by atoms with E-state index in [0.29, 0.717) is 17.1 Å². The molecule has 0 unspecified atom stereocenters. The minimum absolute atomic E-state index is 0.0409. The zero-order chi connectivity index (χ0) is 13.4. The van der Waals surface area contributed by atoms with Gasteiger partial charge in [-0.2, -0.15) is 0 Å². The van der Waals surface area contributed by atoms with Crippen LogP contribution in [0, 0.1) is 0 Å². The molecule has 1 aromatic heterocycles. The van der Waals surface area contributed by atoms with Gasteiger partial charge >= 0.3 is 0 Å². The van der Waals surface area contributed by atoms with E-state index in [1.807, 2.05) is 29.2 Å². The Balaban J connectivity index is 2.02. The molecule has 0 fully saturated rings. The molecule has 2 heterocycles. The van der Waals surface area contributed by atoms with Gasteiger partial charge in [0, 0.05) is 27.6 Å². The van der Waals surface area contributed by atoms with Gasteiger partial charge in [0.2, 0.25) is 0 Å². The molecule has 0 saturated carbocycles. The molecule has 1 amide bonds. The van der Waals surface area contributed by atoms with Crippen molar-refractivity contribution in [1.29, 1.82) is 0 Å². The Labute approximate surface area is 123 Å². The number of fused-ring (bicyclic) bond motifs is 1. The second-order valence-corrected chi connectivity index (χ2v) is 6.46. The molecular formula is C14H13BrN2OS. The van der Waals surface area contributed by atoms with Crippen LogP contribution < -0.4 is 5.73 Å². The van der Waals surface area contributed by atoms with Crippen LogP contribution >= 0.6 is 27.3 Å². The molecule has 1 aromatic carbocycles. The Morgan fingerprint density at radius 3 is 2.95 bits per heavy atom. The minimum atomic E-state index is 0.0409. The van der Waals surface area contributed by atoms with Crippen LogP contribution in [0.15, 0.2) is 34.8 Å². The van der Waals surface area contributed by atoms with E-state index < -0.39 is 0 Å². The Morgan fingerprint density at radius 2 is 2.21 bits per heavy atom. The molecule has 1 aliphatic rings. The number of rotatable bonds is 1. The minimum Gasteiger partial charge on any atom is -0.397 e. The molecule has 3 rings (SSSR count). The molecule has 0 atom stereocenters. The monoisotopic (exact) mass is 336 g/mol. The number of thiophene rings is 1. The lowest BCUT2D eigenvalue weighted by Crippen LogP contribution is -2.33. The van der Waals surface area contributed by atoms with Crippen molar-refractivity contribution in [3.63, 3.8) is 0 Å². The van der Waals surface area contributed by atoms with Crippen LogP contribution in [-0.2, 0) is 0 Å². The molecule has 0 bridgehead atoms. The molecule has 3 nitrogen and oxygen atoms in total. The van der Waals surface area contributed by atoms with Gasteiger partial charge in [-0.15, -0.1) is 11.3 Å². The predicted molar refractivity (Wildman–Crippen MR) is 83.6 cm³/mol. The summed E-state index contributed by atoms with van der Waals surface area (Å²) in [5, 5.41) is 0.954. The number of hydrogen-bond donors (Lipinski definition) is 1. The maximum Gasteiger partial charge on any atom is 0.266 e. The van der Waals surface area contributed by atoms with Crippen molar-refractivity contribution < 1.29 is 4.79 Å². The summed E-state index contributed by atoms with van der Waals surface area (Å²) in [6, 6.07) is 5.93. The number of amides is 1. The van der Waals surface area contributed by atoms with Gasteiger partial charge in [0.25, 0.3) is 5.91 Å². The number of nitrogens with zero attached hydrogens (tertiary/aromatic N) is 1. The lowest BCUT2D eigenvalue weighted by Gasteiger charge is -2.22. The summed E-state index contributed by atoms with van der Waals surface area (Å²) in [4.78, 5) is 15.0. The summed E-state index contributed by atoms with van der Waals surface area (Å²) in [5.74, 6) is 0.0409. The number of benzene rings is 1. The van der Waals surface area contributed by atoms with E-state index in [2.05, 4.69) is 22.0 Å². The van der Waals surface area contributed by atoms with Crippen LogP contribution in [0.3, 0.4) is 0 Å². The van der Waals surface area contributed by atoms with Crippen molar-refractivity contribution in [2.45, 2.75) is 6.42 Å². The fraction of sp³-hybridized carbons (Fsp3) is 0.214. The third-order valence-electron chi connectivity index (χ3n) is 3.23. The molecule has 0 radical (unpaired) electrons. The summed E-state index contributed by atoms with van der Waals surface area (Å²) in [6.45, 7) is 1.45. The maximum absolute atomic E-state index is 12.5. The average molecular weight is 337 g/mol. The highest BCUT2D eigenvalue weighted by atomic mass is 79.9. The van der Waals surface area contributed by atoms with Gasteiger partial charge in [-0.25, -0.2) is 0 Å². The number of carbonyl (C=O) groups excluding carboxylic acids is 1. The number of carbonyl (C=O) groups is 1. The molecule has 1 aliphatic heterocycles. The van der Waals surface area contributed by atoms with Crippen LogP contribution in [0.5, 0.6) is 0 Å². The van der Waals surface area contributed by atoms with Gasteiger partial charge in [0.15, 0.2) is 0 Å². The number of hydrogen-bond acceptors (Lipinski definition) is 3. The highest BCUT2D eigenvalue weighted by Gasteiger charge is 2.22. The van der Waals surface area contributed by atoms with Gasteiger partial charge in [-0.05, 0) is 24.6 Å². The Morgan fingerprint density at radius 1 is 1.37 bits per heavy atom. The Kier molecular flexibility index (Phi) is 3.33. The largest absolute Gasteiger partial charge is 0.397 e. The fourth-order valence-electron chi connectivity index (χ4n) is 2.22. The average Bonchev–Trinajstić information content (AvgIpc) is 2.76. The molecule has 5 heteroatoms. The predicted octanol–water partition coefficient (Wildman–Crippen LogP) is 3.65. The Bertz CT molecular complexity index is 677. The van der Waals surface area contributed by atoms with Gasteiger partial charge in [-0.3, -0.25) is 4.79 Å². The van der Waals surface area contributed by atoms with Crippen molar-refractivity contribution >= 4 is 48.9 Å². The molecule has 0 saturated heterocycles. The van der Waals surface area contributed by atoms with Crippen molar-refractivity contribution in [2.75, 3.05) is 18.8 Å². The van der Waals surface area contributed by atoms with Crippen LogP contribution in [0.4, 0.5) is 5.69 Å². The van der Waals surface area contributed by atoms with E-state index in [1.165, 1.54) is 11.3 Å². The van der Waals surface area contributed by atoms with E-state index in [9.17, 15) is 4.79 Å². The quantitative estimate of drug-likeness (QED) is 0.808. The van der Waals surface area contributed by atoms with Gasteiger partial charge in [-0.1, -0.05) is 28.1 Å². The Hall–Kier alpha value is -1.33. The molecule has 98 valence electrons. The van der Waals surface area contributed by atoms with Crippen LogP contribution in [-0.4, -0.2) is 23.9 Å². The van der Waals surface area contributed by atoms with Crippen molar-refractivity contribution in [3.05, 3.63) is 39.7 Å². The van der Waals surface area contributed by atoms with E-state index >= 15 is 0 Å². The second kappa shape index (κ2) is 4.98. The molecule has 19 heavy (non-hydrogen) atoms. The summed E-state index contributed by atoms with van der Waals surface area (Å²) < 4.78 is 2.03. The van der Waals surface area contributed by atoms with E-state index in [4.69, 9.17) is 5.73 Å². The summed E-state index contributed by atoms with van der Waals surface area (Å²) in [6.07, 6.45) is 5.05. The molecule has 2 aromatic rings. The molecular weight excluding hydrogens is 324 g/mol. The highest BCUT2D eigenvalue weighted by Crippen LogP contribution is 2.36. The first kappa shape index (κ1) is 12.7. The zero-order valence-electron chi connectivity index (χ0n) is 10.2. The normalized spacial score (nSPS) is 15.1. The van der Waals surface area contributed by atoms with Gasteiger partial charge in [0.05, 0.1) is 5.69 Å². The first-order valence-corrected chi connectivity index (χ1v) is 7.69. The van der Waals surface area contributed by atoms with Crippen LogP contribution in [0.1, 0.15) is 16.1 Å². The number of nitrogens with two attached hydrogens (primary N) is 1. The number of halogens is 1. The van der Waals surface area contributed by atoms with Crippen LogP contribution in [0.2, 0.25) is 0 Å². The molecule has 0 aliphatic carbocycles. The second-order valence-electron chi connectivity index (χ2n) is 4.50. The topological polar surface area (TPSA) is 46.3 Å². The standard InChI is InChI=1S/C14H13BrN2OS/c15-9-4-5-11-10(8-9)12(16)13(19-11)14(18)17-6-2-1-3-7-17/h1-2,4-5,8H,3,6-7,16H2. The van der Waals surface area contributed by atoms with Gasteiger partial charge < -0.3 is 10.6 Å². The lowest BCUT2D eigenvalue weighted by atomic mass is 10.2. The number of anilines is 1. The first-order chi connectivity index (χ1) is 9.16. The fourth-order valence-corrected chi connectivity index (χ4v) is 3.65. The van der Waals surface area contributed by atoms with E-state index in [-0.39, 0.29) is 5.91 Å². The van der Waals surface area contributed by atoms with Crippen LogP contribution in [0.25, 0.3) is 10.1 Å². The third-order valence-corrected chi connectivity index (χ3v) is 4.90. The van der Waals surface area contributed by atoms with Crippen molar-refractivity contribution in [2.24, 2.45) is 0 Å². The molecule has 2 N–H and O–H groups in total. The lowest BCUT2D eigenvalue weighted by molar-refractivity contribution is 0.0777. The summed E-state index contributed by atoms with van der Waals surface area (Å²) in [5.41, 5.74) is 6.74. The highest BCUT2D eigenvalue weighted by molar-refractivity contribution is 9.10. The summed E-state index contributed by atoms with van der Waals surface area (Å²) >= 11 is 4.91. The smallest absolute Gasteiger partial charge is 0.266 e. The SMILES string of the molecule is Nc1c(C(=O)N2CC=CCC2)sc2ccc(Br)cc12. The van der Waals surface area contributed by atoms with Crippen molar-refractivity contribution in [3.8, 4) is 0 Å². The molecule has 0 spiro atoms.